The van der Waals surface area contributed by atoms with Crippen LogP contribution in [0.2, 0.25) is 0 Å². The van der Waals surface area contributed by atoms with Gasteiger partial charge >= 0.3 is 0 Å². The van der Waals surface area contributed by atoms with Crippen LogP contribution < -0.4 is 0 Å². The molecule has 0 aromatic heterocycles. The van der Waals surface area contributed by atoms with Gasteiger partial charge in [0, 0.05) is 0 Å². The van der Waals surface area contributed by atoms with E-state index in [1.807, 2.05) is 0 Å². The molecule has 2 aliphatic rings. The molecule has 0 nitrogen and oxygen atoms in total. The average molecular weight is 160 g/mol. The molecule has 0 unspecified atom stereocenters. The van der Waals surface area contributed by atoms with Gasteiger partial charge in [-0.25, -0.2) is 0 Å². The summed E-state index contributed by atoms with van der Waals surface area (Å²) in [7, 11) is 0. The molecule has 0 amide bonds. The molecule has 0 N–H and O–H groups in total. The van der Waals surface area contributed by atoms with Gasteiger partial charge < -0.3 is 0 Å². The molecule has 12 heavy (non-hydrogen) atoms. The van der Waals surface area contributed by atoms with Crippen molar-refractivity contribution >= 4 is 0 Å². The SMILES string of the molecule is CC1(C)C=C2CC=CC=C2CC1. The van der Waals surface area contributed by atoms with E-state index in [0.29, 0.717) is 5.41 Å². The van der Waals surface area contributed by atoms with Gasteiger partial charge in [-0.3, -0.25) is 0 Å². The van der Waals surface area contributed by atoms with E-state index >= 15 is 0 Å². The van der Waals surface area contributed by atoms with Crippen LogP contribution in [0.15, 0.2) is 35.5 Å². The third-order valence-electron chi connectivity index (χ3n) is 2.79. The molecular weight excluding hydrogens is 144 g/mol. The van der Waals surface area contributed by atoms with Gasteiger partial charge in [0.15, 0.2) is 0 Å². The van der Waals surface area contributed by atoms with Crippen molar-refractivity contribution in [2.45, 2.75) is 33.1 Å². The largest absolute Gasteiger partial charge is 0.0801 e. The molecule has 0 bridgehead atoms. The smallest absolute Gasteiger partial charge is 0.00946 e. The van der Waals surface area contributed by atoms with Gasteiger partial charge in [-0.1, -0.05) is 38.2 Å². The summed E-state index contributed by atoms with van der Waals surface area (Å²) in [6.07, 6.45) is 12.9. The summed E-state index contributed by atoms with van der Waals surface area (Å²) < 4.78 is 0. The first-order valence-electron chi connectivity index (χ1n) is 4.75. The minimum Gasteiger partial charge on any atom is -0.0801 e. The minimum absolute atomic E-state index is 0.428. The second-order valence-electron chi connectivity index (χ2n) is 4.48. The van der Waals surface area contributed by atoms with Crippen LogP contribution in [0, 0.1) is 5.41 Å². The number of hydrogen-bond donors (Lipinski definition) is 0. The molecule has 0 spiro atoms. The molecule has 64 valence electrons. The molecule has 0 atom stereocenters. The van der Waals surface area contributed by atoms with Gasteiger partial charge in [0.2, 0.25) is 0 Å². The zero-order chi connectivity index (χ0) is 8.60. The predicted molar refractivity (Wildman–Crippen MR) is 52.9 cm³/mol. The summed E-state index contributed by atoms with van der Waals surface area (Å²) in [5.74, 6) is 0. The van der Waals surface area contributed by atoms with Crippen molar-refractivity contribution in [3.8, 4) is 0 Å². The van der Waals surface area contributed by atoms with Crippen LogP contribution in [-0.2, 0) is 0 Å². The zero-order valence-electron chi connectivity index (χ0n) is 7.93. The topological polar surface area (TPSA) is 0 Å². The van der Waals surface area contributed by atoms with E-state index in [2.05, 4.69) is 38.2 Å². The second kappa shape index (κ2) is 2.62. The standard InChI is InChI=1S/C12H16/c1-12(2)8-7-10-5-3-4-6-11(10)9-12/h3-5,9H,6-8H2,1-2H3. The van der Waals surface area contributed by atoms with Crippen LogP contribution in [0.4, 0.5) is 0 Å². The lowest BCUT2D eigenvalue weighted by Gasteiger charge is -2.30. The lowest BCUT2D eigenvalue weighted by atomic mass is 9.75. The van der Waals surface area contributed by atoms with Crippen molar-refractivity contribution in [2.75, 3.05) is 0 Å². The number of allylic oxidation sites excluding steroid dienone is 6. The van der Waals surface area contributed by atoms with Crippen LogP contribution in [0.3, 0.4) is 0 Å². The van der Waals surface area contributed by atoms with E-state index in [1.54, 1.807) is 11.1 Å². The van der Waals surface area contributed by atoms with E-state index in [-0.39, 0.29) is 0 Å². The molecule has 0 heterocycles. The molecule has 2 aliphatic carbocycles. The predicted octanol–water partition coefficient (Wildman–Crippen LogP) is 3.62. The number of fused-ring (bicyclic) bond motifs is 1. The Kier molecular flexibility index (Phi) is 1.71. The van der Waals surface area contributed by atoms with E-state index in [0.717, 1.165) is 6.42 Å². The molecule has 0 fully saturated rings. The fourth-order valence-electron chi connectivity index (χ4n) is 2.01. The van der Waals surface area contributed by atoms with Gasteiger partial charge in [0.25, 0.3) is 0 Å². The fourth-order valence-corrected chi connectivity index (χ4v) is 2.01. The van der Waals surface area contributed by atoms with Gasteiger partial charge in [-0.05, 0) is 35.8 Å². The van der Waals surface area contributed by atoms with Crippen LogP contribution in [0.25, 0.3) is 0 Å². The number of rotatable bonds is 0. The lowest BCUT2D eigenvalue weighted by Crippen LogP contribution is -2.15. The van der Waals surface area contributed by atoms with Crippen molar-refractivity contribution < 1.29 is 0 Å². The quantitative estimate of drug-likeness (QED) is 0.507. The highest BCUT2D eigenvalue weighted by Crippen LogP contribution is 2.38. The first-order chi connectivity index (χ1) is 5.67. The van der Waals surface area contributed by atoms with Gasteiger partial charge in [0.05, 0.1) is 0 Å². The molecule has 0 radical (unpaired) electrons. The Balaban J connectivity index is 2.34. The third-order valence-corrected chi connectivity index (χ3v) is 2.79. The summed E-state index contributed by atoms with van der Waals surface area (Å²) >= 11 is 0. The Morgan fingerprint density at radius 2 is 2.08 bits per heavy atom. The summed E-state index contributed by atoms with van der Waals surface area (Å²) in [5, 5.41) is 0. The highest BCUT2D eigenvalue weighted by atomic mass is 14.3. The Morgan fingerprint density at radius 3 is 2.92 bits per heavy atom. The minimum atomic E-state index is 0.428. The van der Waals surface area contributed by atoms with Crippen LogP contribution >= 0.6 is 0 Å². The lowest BCUT2D eigenvalue weighted by molar-refractivity contribution is 0.421. The Morgan fingerprint density at radius 1 is 1.25 bits per heavy atom. The van der Waals surface area contributed by atoms with E-state index in [9.17, 15) is 0 Å². The van der Waals surface area contributed by atoms with Crippen LogP contribution in [0.5, 0.6) is 0 Å². The average Bonchev–Trinajstić information content (AvgIpc) is 2.02. The first-order valence-corrected chi connectivity index (χ1v) is 4.75. The Hall–Kier alpha value is -0.780. The van der Waals surface area contributed by atoms with Gasteiger partial charge in [-0.2, -0.15) is 0 Å². The van der Waals surface area contributed by atoms with Gasteiger partial charge in [0.1, 0.15) is 0 Å². The van der Waals surface area contributed by atoms with Crippen LogP contribution in [0.1, 0.15) is 33.1 Å². The first kappa shape index (κ1) is 7.85. The summed E-state index contributed by atoms with van der Waals surface area (Å²) in [6.45, 7) is 4.66. The van der Waals surface area contributed by atoms with Crippen molar-refractivity contribution in [1.29, 1.82) is 0 Å². The Bertz CT molecular complexity index is 274. The fraction of sp³-hybridized carbons (Fsp3) is 0.500. The normalized spacial score (nSPS) is 25.8. The zero-order valence-corrected chi connectivity index (χ0v) is 7.93. The van der Waals surface area contributed by atoms with E-state index in [4.69, 9.17) is 0 Å². The maximum Gasteiger partial charge on any atom is -0.00946 e. The van der Waals surface area contributed by atoms with E-state index in [1.165, 1.54) is 12.8 Å². The van der Waals surface area contributed by atoms with Crippen molar-refractivity contribution in [3.05, 3.63) is 35.5 Å². The van der Waals surface area contributed by atoms with Crippen molar-refractivity contribution in [1.82, 2.24) is 0 Å². The molecule has 0 saturated carbocycles. The molecule has 0 aromatic carbocycles. The van der Waals surface area contributed by atoms with Crippen molar-refractivity contribution in [2.24, 2.45) is 5.41 Å². The molecule has 0 aliphatic heterocycles. The maximum absolute atomic E-state index is 2.45. The van der Waals surface area contributed by atoms with Gasteiger partial charge in [-0.15, -0.1) is 0 Å². The molecule has 0 saturated heterocycles. The summed E-state index contributed by atoms with van der Waals surface area (Å²) in [6, 6.07) is 0. The summed E-state index contributed by atoms with van der Waals surface area (Å²) in [4.78, 5) is 0. The highest BCUT2D eigenvalue weighted by molar-refractivity contribution is 5.42. The molecule has 0 heteroatoms. The molecule has 0 aromatic rings. The molecule has 2 rings (SSSR count). The summed E-state index contributed by atoms with van der Waals surface area (Å²) in [5.41, 5.74) is 3.56. The van der Waals surface area contributed by atoms with Crippen molar-refractivity contribution in [3.63, 3.8) is 0 Å². The number of hydrogen-bond acceptors (Lipinski definition) is 0. The maximum atomic E-state index is 2.45. The molecular formula is C12H16. The second-order valence-corrected chi connectivity index (χ2v) is 4.48. The Labute approximate surface area is 74.7 Å². The van der Waals surface area contributed by atoms with Crippen LogP contribution in [-0.4, -0.2) is 0 Å². The monoisotopic (exact) mass is 160 g/mol. The third kappa shape index (κ3) is 1.38. The van der Waals surface area contributed by atoms with E-state index < -0.39 is 0 Å². The highest BCUT2D eigenvalue weighted by Gasteiger charge is 2.23.